The summed E-state index contributed by atoms with van der Waals surface area (Å²) in [7, 11) is 1.61. The molecule has 2 N–H and O–H groups in total. The van der Waals surface area contributed by atoms with Gasteiger partial charge in [-0.1, -0.05) is 18.2 Å². The molecule has 0 saturated carbocycles. The van der Waals surface area contributed by atoms with Crippen LogP contribution in [0, 0.1) is 0 Å². The second kappa shape index (κ2) is 5.33. The van der Waals surface area contributed by atoms with Gasteiger partial charge in [0.25, 0.3) is 0 Å². The molecule has 1 aliphatic heterocycles. The van der Waals surface area contributed by atoms with E-state index in [4.69, 9.17) is 19.9 Å². The third-order valence-electron chi connectivity index (χ3n) is 3.36. The summed E-state index contributed by atoms with van der Waals surface area (Å²) < 4.78 is 16.7. The van der Waals surface area contributed by atoms with E-state index in [0.717, 1.165) is 17.9 Å². The van der Waals surface area contributed by atoms with Gasteiger partial charge in [0, 0.05) is 12.5 Å². The van der Waals surface area contributed by atoms with Gasteiger partial charge in [0.15, 0.2) is 0 Å². The lowest BCUT2D eigenvalue weighted by molar-refractivity contribution is 0.149. The molecule has 0 amide bonds. The SMILES string of the molecule is COc1ccc(OCC2Cc3ccccc3O2)c(N)c1. The highest BCUT2D eigenvalue weighted by molar-refractivity contribution is 5.56. The van der Waals surface area contributed by atoms with Crippen molar-refractivity contribution in [2.75, 3.05) is 19.5 Å². The first-order chi connectivity index (χ1) is 9.76. The fourth-order valence-corrected chi connectivity index (χ4v) is 2.31. The van der Waals surface area contributed by atoms with Gasteiger partial charge >= 0.3 is 0 Å². The minimum atomic E-state index is 0.0360. The minimum Gasteiger partial charge on any atom is -0.497 e. The van der Waals surface area contributed by atoms with Gasteiger partial charge in [-0.15, -0.1) is 0 Å². The van der Waals surface area contributed by atoms with Crippen LogP contribution in [-0.4, -0.2) is 19.8 Å². The summed E-state index contributed by atoms with van der Waals surface area (Å²) in [6.45, 7) is 0.477. The number of ether oxygens (including phenoxy) is 3. The molecule has 2 aromatic rings. The van der Waals surface area contributed by atoms with Crippen LogP contribution in [0.4, 0.5) is 5.69 Å². The quantitative estimate of drug-likeness (QED) is 0.869. The van der Waals surface area contributed by atoms with Crippen molar-refractivity contribution in [3.05, 3.63) is 48.0 Å². The maximum Gasteiger partial charge on any atom is 0.142 e. The Hall–Kier alpha value is -2.36. The molecule has 1 aliphatic rings. The van der Waals surface area contributed by atoms with E-state index in [9.17, 15) is 0 Å². The standard InChI is InChI=1S/C16H17NO3/c1-18-12-6-7-16(14(17)9-12)19-10-13-8-11-4-2-3-5-15(11)20-13/h2-7,9,13H,8,10,17H2,1H3. The molecule has 4 heteroatoms. The molecule has 0 fully saturated rings. The summed E-state index contributed by atoms with van der Waals surface area (Å²) in [5, 5.41) is 0. The molecule has 0 bridgehead atoms. The van der Waals surface area contributed by atoms with Gasteiger partial charge in [0.2, 0.25) is 0 Å². The monoisotopic (exact) mass is 271 g/mol. The second-order valence-corrected chi connectivity index (χ2v) is 4.77. The number of para-hydroxylation sites is 1. The first-order valence-corrected chi connectivity index (χ1v) is 6.57. The Labute approximate surface area is 118 Å². The van der Waals surface area contributed by atoms with Crippen molar-refractivity contribution in [3.8, 4) is 17.2 Å². The highest BCUT2D eigenvalue weighted by Gasteiger charge is 2.23. The van der Waals surface area contributed by atoms with Crippen molar-refractivity contribution in [2.45, 2.75) is 12.5 Å². The van der Waals surface area contributed by atoms with Crippen LogP contribution in [0.2, 0.25) is 0 Å². The number of rotatable bonds is 4. The summed E-state index contributed by atoms with van der Waals surface area (Å²) in [6.07, 6.45) is 0.903. The Kier molecular flexibility index (Phi) is 3.37. The fraction of sp³-hybridized carbons (Fsp3) is 0.250. The topological polar surface area (TPSA) is 53.7 Å². The van der Waals surface area contributed by atoms with E-state index in [-0.39, 0.29) is 6.10 Å². The van der Waals surface area contributed by atoms with Gasteiger partial charge in [-0.2, -0.15) is 0 Å². The number of fused-ring (bicyclic) bond motifs is 1. The molecule has 1 unspecified atom stereocenters. The maximum absolute atomic E-state index is 5.92. The number of anilines is 1. The van der Waals surface area contributed by atoms with Crippen LogP contribution in [0.5, 0.6) is 17.2 Å². The normalized spacial score (nSPS) is 16.4. The fourth-order valence-electron chi connectivity index (χ4n) is 2.31. The van der Waals surface area contributed by atoms with E-state index in [1.54, 1.807) is 13.2 Å². The van der Waals surface area contributed by atoms with Gasteiger partial charge < -0.3 is 19.9 Å². The molecule has 1 atom stereocenters. The predicted molar refractivity (Wildman–Crippen MR) is 77.5 cm³/mol. The molecule has 3 rings (SSSR count). The van der Waals surface area contributed by atoms with E-state index < -0.39 is 0 Å². The van der Waals surface area contributed by atoms with E-state index >= 15 is 0 Å². The lowest BCUT2D eigenvalue weighted by atomic mass is 10.1. The largest absolute Gasteiger partial charge is 0.497 e. The van der Waals surface area contributed by atoms with Gasteiger partial charge in [0.05, 0.1) is 12.8 Å². The Morgan fingerprint density at radius 3 is 2.85 bits per heavy atom. The van der Waals surface area contributed by atoms with E-state index in [0.29, 0.717) is 18.0 Å². The van der Waals surface area contributed by atoms with Crippen molar-refractivity contribution in [3.63, 3.8) is 0 Å². The minimum absolute atomic E-state index is 0.0360. The molecule has 4 nitrogen and oxygen atoms in total. The van der Waals surface area contributed by atoms with Crippen molar-refractivity contribution >= 4 is 5.69 Å². The molecule has 1 heterocycles. The predicted octanol–water partition coefficient (Wildman–Crippen LogP) is 2.66. The maximum atomic E-state index is 5.92. The van der Waals surface area contributed by atoms with Crippen LogP contribution in [0.1, 0.15) is 5.56 Å². The second-order valence-electron chi connectivity index (χ2n) is 4.77. The average molecular weight is 271 g/mol. The third-order valence-corrected chi connectivity index (χ3v) is 3.36. The molecule has 0 radical (unpaired) electrons. The summed E-state index contributed by atoms with van der Waals surface area (Å²) in [6, 6.07) is 13.5. The van der Waals surface area contributed by atoms with Gasteiger partial charge in [-0.25, -0.2) is 0 Å². The first kappa shape index (κ1) is 12.7. The summed E-state index contributed by atoms with van der Waals surface area (Å²) in [4.78, 5) is 0. The number of hydrogen-bond acceptors (Lipinski definition) is 4. The van der Waals surface area contributed by atoms with Crippen molar-refractivity contribution in [1.82, 2.24) is 0 Å². The summed E-state index contributed by atoms with van der Waals surface area (Å²) in [5.74, 6) is 2.33. The summed E-state index contributed by atoms with van der Waals surface area (Å²) in [5.41, 5.74) is 7.72. The number of nitrogens with two attached hydrogens (primary N) is 1. The highest BCUT2D eigenvalue weighted by atomic mass is 16.5. The lowest BCUT2D eigenvalue weighted by Crippen LogP contribution is -2.22. The third kappa shape index (κ3) is 2.50. The van der Waals surface area contributed by atoms with E-state index in [2.05, 4.69) is 6.07 Å². The smallest absolute Gasteiger partial charge is 0.142 e. The summed E-state index contributed by atoms with van der Waals surface area (Å²) >= 11 is 0. The highest BCUT2D eigenvalue weighted by Crippen LogP contribution is 2.30. The van der Waals surface area contributed by atoms with Crippen molar-refractivity contribution < 1.29 is 14.2 Å². The van der Waals surface area contributed by atoms with Crippen LogP contribution >= 0.6 is 0 Å². The van der Waals surface area contributed by atoms with Crippen LogP contribution in [0.3, 0.4) is 0 Å². The molecule has 0 spiro atoms. The zero-order chi connectivity index (χ0) is 13.9. The van der Waals surface area contributed by atoms with Crippen LogP contribution in [0.25, 0.3) is 0 Å². The number of hydrogen-bond donors (Lipinski definition) is 1. The van der Waals surface area contributed by atoms with Crippen LogP contribution in [0.15, 0.2) is 42.5 Å². The molecule has 2 aromatic carbocycles. The zero-order valence-electron chi connectivity index (χ0n) is 11.3. The molecular weight excluding hydrogens is 254 g/mol. The Morgan fingerprint density at radius 1 is 1.25 bits per heavy atom. The lowest BCUT2D eigenvalue weighted by Gasteiger charge is -2.14. The Bertz CT molecular complexity index is 587. The molecule has 0 aromatic heterocycles. The first-order valence-electron chi connectivity index (χ1n) is 6.57. The molecule has 104 valence electrons. The Balaban J connectivity index is 1.61. The van der Waals surface area contributed by atoms with Crippen LogP contribution in [-0.2, 0) is 6.42 Å². The number of benzene rings is 2. The van der Waals surface area contributed by atoms with E-state index in [1.165, 1.54) is 5.56 Å². The van der Waals surface area contributed by atoms with Gasteiger partial charge in [0.1, 0.15) is 30.0 Å². The van der Waals surface area contributed by atoms with Crippen molar-refractivity contribution in [2.24, 2.45) is 0 Å². The number of methoxy groups -OCH3 is 1. The molecule has 0 saturated heterocycles. The molecule has 20 heavy (non-hydrogen) atoms. The number of nitrogen functional groups attached to an aromatic ring is 1. The van der Waals surface area contributed by atoms with Crippen LogP contribution < -0.4 is 19.9 Å². The average Bonchev–Trinajstić information content (AvgIpc) is 2.88. The zero-order valence-corrected chi connectivity index (χ0v) is 11.3. The molecule has 0 aliphatic carbocycles. The Morgan fingerprint density at radius 2 is 2.10 bits per heavy atom. The van der Waals surface area contributed by atoms with Gasteiger partial charge in [-0.3, -0.25) is 0 Å². The van der Waals surface area contributed by atoms with Gasteiger partial charge in [-0.05, 0) is 23.8 Å². The van der Waals surface area contributed by atoms with E-state index in [1.807, 2.05) is 30.3 Å². The molecular formula is C16H17NO3. The van der Waals surface area contributed by atoms with Crippen molar-refractivity contribution in [1.29, 1.82) is 0 Å².